The summed E-state index contributed by atoms with van der Waals surface area (Å²) in [5.74, 6) is -0.388. The third kappa shape index (κ3) is 35.7. The van der Waals surface area contributed by atoms with Crippen LogP contribution in [0.2, 0.25) is 0 Å². The fourth-order valence-electron chi connectivity index (χ4n) is 6.04. The van der Waals surface area contributed by atoms with E-state index in [1.807, 2.05) is 0 Å². The molecule has 0 amide bonds. The molecule has 0 aliphatic rings. The Kier molecular flexibility index (Phi) is 37.4. The SMILES string of the molecule is CCCCCCCCCCCCCCOCC(COC(=O)CCCCCCCCCCC)OC(=O)CCCCCCCCCCC. The maximum Gasteiger partial charge on any atom is 0.306 e. The van der Waals surface area contributed by atoms with Gasteiger partial charge in [0.2, 0.25) is 0 Å². The minimum absolute atomic E-state index is 0.0954. The highest BCUT2D eigenvalue weighted by Crippen LogP contribution is 2.14. The first kappa shape index (κ1) is 44.9. The minimum atomic E-state index is -0.518. The largest absolute Gasteiger partial charge is 0.462 e. The molecule has 0 heterocycles. The molecular weight excluding hydrogens is 572 g/mol. The fraction of sp³-hybridized carbons (Fsp3) is 0.951. The zero-order valence-corrected chi connectivity index (χ0v) is 31.4. The Balaban J connectivity index is 4.18. The maximum absolute atomic E-state index is 12.6. The van der Waals surface area contributed by atoms with E-state index >= 15 is 0 Å². The monoisotopic (exact) mass is 653 g/mol. The number of unbranched alkanes of at least 4 members (excludes halogenated alkanes) is 27. The molecule has 1 atom stereocenters. The van der Waals surface area contributed by atoms with Crippen LogP contribution in [0.4, 0.5) is 0 Å². The highest BCUT2D eigenvalue weighted by atomic mass is 16.6. The summed E-state index contributed by atoms with van der Waals surface area (Å²) in [5.41, 5.74) is 0. The van der Waals surface area contributed by atoms with E-state index in [0.717, 1.165) is 32.1 Å². The summed E-state index contributed by atoms with van der Waals surface area (Å²) < 4.78 is 17.2. The normalized spacial score (nSPS) is 12.0. The molecule has 0 radical (unpaired) electrons. The average Bonchev–Trinajstić information content (AvgIpc) is 3.05. The van der Waals surface area contributed by atoms with Gasteiger partial charge in [-0.2, -0.15) is 0 Å². The smallest absolute Gasteiger partial charge is 0.306 e. The molecule has 0 bridgehead atoms. The third-order valence-corrected chi connectivity index (χ3v) is 9.14. The summed E-state index contributed by atoms with van der Waals surface area (Å²) in [6, 6.07) is 0. The van der Waals surface area contributed by atoms with Gasteiger partial charge in [0.15, 0.2) is 6.10 Å². The van der Waals surface area contributed by atoms with Gasteiger partial charge in [0.25, 0.3) is 0 Å². The topological polar surface area (TPSA) is 61.8 Å². The Labute approximate surface area is 287 Å². The van der Waals surface area contributed by atoms with Gasteiger partial charge in [-0.05, 0) is 19.3 Å². The van der Waals surface area contributed by atoms with Crippen LogP contribution >= 0.6 is 0 Å². The summed E-state index contributed by atoms with van der Waals surface area (Å²) >= 11 is 0. The lowest BCUT2D eigenvalue weighted by Crippen LogP contribution is -2.30. The minimum Gasteiger partial charge on any atom is -0.462 e. The van der Waals surface area contributed by atoms with Crippen molar-refractivity contribution >= 4 is 11.9 Å². The molecule has 0 aromatic carbocycles. The second-order valence-electron chi connectivity index (χ2n) is 13.9. The Morgan fingerprint density at radius 1 is 0.391 bits per heavy atom. The predicted molar refractivity (Wildman–Crippen MR) is 196 cm³/mol. The molecule has 0 saturated carbocycles. The molecule has 0 N–H and O–H groups in total. The number of ether oxygens (including phenoxy) is 3. The maximum atomic E-state index is 12.6. The van der Waals surface area contributed by atoms with E-state index in [1.54, 1.807) is 0 Å². The summed E-state index contributed by atoms with van der Waals surface area (Å²) in [4.78, 5) is 25.0. The van der Waals surface area contributed by atoms with Gasteiger partial charge in [0, 0.05) is 19.4 Å². The van der Waals surface area contributed by atoms with Crippen molar-refractivity contribution in [3.05, 3.63) is 0 Å². The summed E-state index contributed by atoms with van der Waals surface area (Å²) in [7, 11) is 0. The van der Waals surface area contributed by atoms with E-state index in [9.17, 15) is 9.59 Å². The molecule has 274 valence electrons. The van der Waals surface area contributed by atoms with Crippen molar-refractivity contribution in [3.8, 4) is 0 Å². The molecule has 0 aliphatic heterocycles. The standard InChI is InChI=1S/C41H80O5/c1-4-7-10-13-16-19-20-21-24-27-30-33-36-44-37-39(46-41(43)35-32-29-26-23-18-15-12-9-6-3)38-45-40(42)34-31-28-25-22-17-14-11-8-5-2/h39H,4-38H2,1-3H3. The summed E-state index contributed by atoms with van der Waals surface area (Å²) in [6.07, 6.45) is 38.0. The van der Waals surface area contributed by atoms with E-state index in [-0.39, 0.29) is 18.5 Å². The molecule has 0 aliphatic carbocycles. The first-order valence-corrected chi connectivity index (χ1v) is 20.6. The molecule has 5 nitrogen and oxygen atoms in total. The molecule has 5 heteroatoms. The van der Waals surface area contributed by atoms with Crippen LogP contribution in [0.3, 0.4) is 0 Å². The van der Waals surface area contributed by atoms with Crippen molar-refractivity contribution in [2.24, 2.45) is 0 Å². The second-order valence-corrected chi connectivity index (χ2v) is 13.9. The number of carbonyl (C=O) groups excluding carboxylic acids is 2. The molecular formula is C41H80O5. The number of hydrogen-bond acceptors (Lipinski definition) is 5. The number of esters is 2. The van der Waals surface area contributed by atoms with Crippen molar-refractivity contribution in [1.29, 1.82) is 0 Å². The van der Waals surface area contributed by atoms with Gasteiger partial charge in [-0.3, -0.25) is 9.59 Å². The van der Waals surface area contributed by atoms with Gasteiger partial charge >= 0.3 is 11.9 Å². The van der Waals surface area contributed by atoms with Crippen molar-refractivity contribution in [3.63, 3.8) is 0 Å². The van der Waals surface area contributed by atoms with Crippen LogP contribution in [0.25, 0.3) is 0 Å². The lowest BCUT2D eigenvalue weighted by molar-refractivity contribution is -0.163. The van der Waals surface area contributed by atoms with Crippen LogP contribution in [-0.2, 0) is 23.8 Å². The van der Waals surface area contributed by atoms with Gasteiger partial charge < -0.3 is 14.2 Å². The lowest BCUT2D eigenvalue weighted by atomic mass is 10.1. The Hall–Kier alpha value is -1.10. The Morgan fingerprint density at radius 2 is 0.717 bits per heavy atom. The van der Waals surface area contributed by atoms with Gasteiger partial charge in [-0.1, -0.05) is 194 Å². The van der Waals surface area contributed by atoms with Crippen LogP contribution in [0.1, 0.15) is 226 Å². The van der Waals surface area contributed by atoms with Crippen LogP contribution in [0.15, 0.2) is 0 Å². The first-order chi connectivity index (χ1) is 22.6. The van der Waals surface area contributed by atoms with E-state index in [2.05, 4.69) is 20.8 Å². The van der Waals surface area contributed by atoms with Crippen LogP contribution in [0.5, 0.6) is 0 Å². The second kappa shape index (κ2) is 38.3. The highest BCUT2D eigenvalue weighted by molar-refractivity contribution is 5.70. The average molecular weight is 653 g/mol. The summed E-state index contributed by atoms with van der Waals surface area (Å²) in [5, 5.41) is 0. The zero-order valence-electron chi connectivity index (χ0n) is 31.4. The van der Waals surface area contributed by atoms with E-state index in [1.165, 1.54) is 161 Å². The number of hydrogen-bond donors (Lipinski definition) is 0. The Bertz CT molecular complexity index is 622. The molecule has 0 spiro atoms. The van der Waals surface area contributed by atoms with Gasteiger partial charge in [0.1, 0.15) is 6.61 Å². The van der Waals surface area contributed by atoms with Crippen molar-refractivity contribution in [1.82, 2.24) is 0 Å². The molecule has 0 fully saturated rings. The predicted octanol–water partition coefficient (Wildman–Crippen LogP) is 13.0. The summed E-state index contributed by atoms with van der Waals surface area (Å²) in [6.45, 7) is 7.83. The van der Waals surface area contributed by atoms with Gasteiger partial charge in [-0.15, -0.1) is 0 Å². The van der Waals surface area contributed by atoms with Crippen molar-refractivity contribution in [2.75, 3.05) is 19.8 Å². The van der Waals surface area contributed by atoms with Crippen LogP contribution in [-0.4, -0.2) is 37.9 Å². The molecule has 0 aromatic rings. The molecule has 1 unspecified atom stereocenters. The number of rotatable bonds is 38. The van der Waals surface area contributed by atoms with Crippen molar-refractivity contribution in [2.45, 2.75) is 232 Å². The molecule has 0 rings (SSSR count). The number of carbonyl (C=O) groups is 2. The Morgan fingerprint density at radius 3 is 1.11 bits per heavy atom. The van der Waals surface area contributed by atoms with Crippen LogP contribution < -0.4 is 0 Å². The first-order valence-electron chi connectivity index (χ1n) is 20.6. The van der Waals surface area contributed by atoms with E-state index in [4.69, 9.17) is 14.2 Å². The van der Waals surface area contributed by atoms with Gasteiger partial charge in [0.05, 0.1) is 6.61 Å². The molecule has 0 saturated heterocycles. The van der Waals surface area contributed by atoms with Gasteiger partial charge in [-0.25, -0.2) is 0 Å². The molecule has 46 heavy (non-hydrogen) atoms. The third-order valence-electron chi connectivity index (χ3n) is 9.14. The lowest BCUT2D eigenvalue weighted by Gasteiger charge is -2.18. The van der Waals surface area contributed by atoms with E-state index in [0.29, 0.717) is 26.1 Å². The quantitative estimate of drug-likeness (QED) is 0.0490. The fourth-order valence-corrected chi connectivity index (χ4v) is 6.04. The van der Waals surface area contributed by atoms with Crippen LogP contribution in [0, 0.1) is 0 Å². The highest BCUT2D eigenvalue weighted by Gasteiger charge is 2.17. The van der Waals surface area contributed by atoms with Crippen molar-refractivity contribution < 1.29 is 23.8 Å². The molecule has 0 aromatic heterocycles. The van der Waals surface area contributed by atoms with E-state index < -0.39 is 6.10 Å². The zero-order chi connectivity index (χ0) is 33.6.